The minimum atomic E-state index is -1.33. The lowest BCUT2D eigenvalue weighted by Crippen LogP contribution is -2.39. The van der Waals surface area contributed by atoms with Gasteiger partial charge in [0, 0.05) is 6.04 Å². The van der Waals surface area contributed by atoms with Gasteiger partial charge in [-0.1, -0.05) is 121 Å². The third-order valence-electron chi connectivity index (χ3n) is 7.48. The van der Waals surface area contributed by atoms with Crippen molar-refractivity contribution in [2.75, 3.05) is 20.4 Å². The number of nitrogens with one attached hydrogen (secondary N) is 1. The number of hydrogen-bond acceptors (Lipinski definition) is 3. The van der Waals surface area contributed by atoms with Crippen LogP contribution in [0.4, 0.5) is 0 Å². The molecule has 232 valence electrons. The number of ether oxygens (including phenoxy) is 2. The summed E-state index contributed by atoms with van der Waals surface area (Å²) in [4.78, 5) is 0. The Hall–Kier alpha value is -3.33. The Morgan fingerprint density at radius 2 is 1.04 bits per heavy atom. The third kappa shape index (κ3) is 8.10. The molecule has 5 rings (SSSR count). The zero-order chi connectivity index (χ0) is 31.8. The summed E-state index contributed by atoms with van der Waals surface area (Å²) in [5, 5.41) is 6.18. The average Bonchev–Trinajstić information content (AvgIpc) is 3.07. The van der Waals surface area contributed by atoms with Crippen LogP contribution < -0.4 is 40.7 Å². The molecule has 2 atom stereocenters. The molecule has 0 radical (unpaired) electrons. The maximum atomic E-state index is 14.0. The van der Waals surface area contributed by atoms with E-state index in [9.17, 15) is 4.21 Å². The van der Waals surface area contributed by atoms with Gasteiger partial charge in [0.05, 0.1) is 30.0 Å². The topological polar surface area (TPSA) is 47.6 Å². The molecule has 0 aliphatic carbocycles. The van der Waals surface area contributed by atoms with Gasteiger partial charge in [0.1, 0.15) is 0 Å². The fourth-order valence-corrected chi connectivity index (χ4v) is 11.1. The number of hydrogen-bond donors (Lipinski definition) is 1. The van der Waals surface area contributed by atoms with E-state index in [2.05, 4.69) is 138 Å². The van der Waals surface area contributed by atoms with Crippen molar-refractivity contribution < 1.29 is 13.7 Å². The van der Waals surface area contributed by atoms with E-state index in [1.807, 2.05) is 20.8 Å². The van der Waals surface area contributed by atoms with E-state index in [1.165, 1.54) is 21.2 Å². The predicted molar refractivity (Wildman–Crippen MR) is 196 cm³/mol. The number of rotatable bonds is 12. The zero-order valence-corrected chi connectivity index (χ0v) is 29.1. The van der Waals surface area contributed by atoms with Crippen LogP contribution in [0.15, 0.2) is 133 Å². The van der Waals surface area contributed by atoms with Gasteiger partial charge in [-0.3, -0.25) is 0 Å². The van der Waals surface area contributed by atoms with Gasteiger partial charge in [-0.25, -0.2) is 8.93 Å². The second-order valence-electron chi connectivity index (χ2n) is 11.6. The molecule has 5 aromatic rings. The standard InChI is InChI=1S/C38H41NO3P2S/c1-38(2,3)45(40)39-34(28-43(29-18-10-6-11-19-29)30-20-12-7-13-21-30)33-26-35(41-4)36(42-5)27-37(33)44(31-22-14-8-15-23-31)32-24-16-9-17-25-32/h6-27,34,39H,28H2,1-5H3. The van der Waals surface area contributed by atoms with Gasteiger partial charge in [-0.05, 0) is 87.0 Å². The van der Waals surface area contributed by atoms with Crippen molar-refractivity contribution in [1.82, 2.24) is 4.72 Å². The molecule has 0 fully saturated rings. The van der Waals surface area contributed by atoms with Crippen molar-refractivity contribution in [3.63, 3.8) is 0 Å². The molecule has 0 saturated heterocycles. The van der Waals surface area contributed by atoms with E-state index in [0.29, 0.717) is 11.5 Å². The Labute approximate surface area is 273 Å². The van der Waals surface area contributed by atoms with Crippen LogP contribution in [0.2, 0.25) is 0 Å². The largest absolute Gasteiger partial charge is 0.493 e. The van der Waals surface area contributed by atoms with Gasteiger partial charge < -0.3 is 9.47 Å². The molecule has 0 bridgehead atoms. The summed E-state index contributed by atoms with van der Waals surface area (Å²) >= 11 is 0. The zero-order valence-electron chi connectivity index (χ0n) is 26.5. The maximum absolute atomic E-state index is 14.0. The summed E-state index contributed by atoms with van der Waals surface area (Å²) in [5.41, 5.74) is 1.07. The summed E-state index contributed by atoms with van der Waals surface area (Å²) in [6.45, 7) is 6.04. The molecule has 0 saturated carbocycles. The first kappa shape index (κ1) is 33.0. The minimum Gasteiger partial charge on any atom is -0.493 e. The molecule has 1 N–H and O–H groups in total. The van der Waals surface area contributed by atoms with Gasteiger partial charge >= 0.3 is 0 Å². The Morgan fingerprint density at radius 1 is 0.644 bits per heavy atom. The summed E-state index contributed by atoms with van der Waals surface area (Å²) < 4.78 is 28.9. The highest BCUT2D eigenvalue weighted by molar-refractivity contribution is 7.84. The quantitative estimate of drug-likeness (QED) is 0.153. The molecule has 0 aliphatic heterocycles. The SMILES string of the molecule is COc1cc(C(CP(c2ccccc2)c2ccccc2)NS(=O)C(C)(C)C)c(P(c2ccccc2)c2ccccc2)cc1OC. The van der Waals surface area contributed by atoms with E-state index < -0.39 is 31.6 Å². The highest BCUT2D eigenvalue weighted by Gasteiger charge is 2.32. The molecule has 5 aromatic carbocycles. The lowest BCUT2D eigenvalue weighted by molar-refractivity contribution is 0.354. The van der Waals surface area contributed by atoms with Crippen molar-refractivity contribution in [3.05, 3.63) is 139 Å². The first-order chi connectivity index (χ1) is 21.8. The monoisotopic (exact) mass is 653 g/mol. The van der Waals surface area contributed by atoms with Crippen LogP contribution in [0.3, 0.4) is 0 Å². The predicted octanol–water partition coefficient (Wildman–Crippen LogP) is 6.69. The first-order valence-electron chi connectivity index (χ1n) is 15.0. The summed E-state index contributed by atoms with van der Waals surface area (Å²) in [6, 6.07) is 46.7. The molecule has 7 heteroatoms. The van der Waals surface area contributed by atoms with Gasteiger partial charge in [0.25, 0.3) is 0 Å². The molecule has 4 nitrogen and oxygen atoms in total. The van der Waals surface area contributed by atoms with Crippen LogP contribution in [0.25, 0.3) is 0 Å². The van der Waals surface area contributed by atoms with Crippen molar-refractivity contribution in [2.45, 2.75) is 31.6 Å². The van der Waals surface area contributed by atoms with Gasteiger partial charge in [-0.2, -0.15) is 0 Å². The second-order valence-corrected chi connectivity index (χ2v) is 18.0. The molecular formula is C38H41NO3P2S. The minimum absolute atomic E-state index is 0.246. The van der Waals surface area contributed by atoms with E-state index >= 15 is 0 Å². The molecule has 0 heterocycles. The molecule has 2 unspecified atom stereocenters. The lowest BCUT2D eigenvalue weighted by atomic mass is 10.1. The van der Waals surface area contributed by atoms with Crippen LogP contribution in [0.5, 0.6) is 11.5 Å². The normalized spacial score (nSPS) is 13.0. The third-order valence-corrected chi connectivity index (χ3v) is 14.2. The Balaban J connectivity index is 1.76. The summed E-state index contributed by atoms with van der Waals surface area (Å²) in [6.07, 6.45) is 0.750. The van der Waals surface area contributed by atoms with Crippen LogP contribution in [-0.4, -0.2) is 29.3 Å². The molecule has 0 aliphatic rings. The fraction of sp³-hybridized carbons (Fsp3) is 0.211. The lowest BCUT2D eigenvalue weighted by Gasteiger charge is -2.32. The Kier molecular flexibility index (Phi) is 11.2. The molecular weight excluding hydrogens is 612 g/mol. The van der Waals surface area contributed by atoms with E-state index in [4.69, 9.17) is 9.47 Å². The Morgan fingerprint density at radius 3 is 1.44 bits per heavy atom. The van der Waals surface area contributed by atoms with Crippen molar-refractivity contribution in [3.8, 4) is 11.5 Å². The summed E-state index contributed by atoms with van der Waals surface area (Å²) in [5.74, 6) is 1.34. The van der Waals surface area contributed by atoms with E-state index in [-0.39, 0.29) is 6.04 Å². The summed E-state index contributed by atoms with van der Waals surface area (Å²) in [7, 11) is 0.232. The maximum Gasteiger partial charge on any atom is 0.161 e. The molecule has 0 spiro atoms. The molecule has 45 heavy (non-hydrogen) atoms. The van der Waals surface area contributed by atoms with Crippen molar-refractivity contribution in [2.24, 2.45) is 0 Å². The van der Waals surface area contributed by atoms with Crippen LogP contribution in [0.1, 0.15) is 32.4 Å². The van der Waals surface area contributed by atoms with Gasteiger partial charge in [0.15, 0.2) is 11.5 Å². The number of methoxy groups -OCH3 is 2. The molecule has 0 amide bonds. The average molecular weight is 654 g/mol. The van der Waals surface area contributed by atoms with Crippen LogP contribution in [0, 0.1) is 0 Å². The first-order valence-corrected chi connectivity index (χ1v) is 19.0. The highest BCUT2D eigenvalue weighted by atomic mass is 32.2. The smallest absolute Gasteiger partial charge is 0.161 e. The van der Waals surface area contributed by atoms with Crippen molar-refractivity contribution >= 4 is 53.4 Å². The van der Waals surface area contributed by atoms with E-state index in [1.54, 1.807) is 14.2 Å². The van der Waals surface area contributed by atoms with Crippen LogP contribution >= 0.6 is 15.8 Å². The van der Waals surface area contributed by atoms with Crippen LogP contribution in [-0.2, 0) is 11.0 Å². The Bertz CT molecular complexity index is 1600. The number of benzene rings is 5. The van der Waals surface area contributed by atoms with E-state index in [0.717, 1.165) is 17.0 Å². The molecule has 0 aromatic heterocycles. The van der Waals surface area contributed by atoms with Crippen molar-refractivity contribution in [1.29, 1.82) is 0 Å². The van der Waals surface area contributed by atoms with Gasteiger partial charge in [-0.15, -0.1) is 0 Å². The van der Waals surface area contributed by atoms with Gasteiger partial charge in [0.2, 0.25) is 0 Å². The highest BCUT2D eigenvalue weighted by Crippen LogP contribution is 2.44. The fourth-order valence-electron chi connectivity index (χ4n) is 5.20. The second kappa shape index (κ2) is 15.3.